The Balaban J connectivity index is 2.17. The number of halogens is 1. The highest BCUT2D eigenvalue weighted by Gasteiger charge is 2.15. The number of hydrogen-bond donors (Lipinski definition) is 1. The molecule has 0 aliphatic rings. The highest BCUT2D eigenvalue weighted by atomic mass is 32.1. The van der Waals surface area contributed by atoms with E-state index < -0.39 is 0 Å². The number of hydrogen-bond acceptors (Lipinski definition) is 4. The summed E-state index contributed by atoms with van der Waals surface area (Å²) >= 11 is 1.62. The van der Waals surface area contributed by atoms with Crippen molar-refractivity contribution in [2.75, 3.05) is 26.9 Å². The third-order valence-corrected chi connectivity index (χ3v) is 4.20. The minimum atomic E-state index is -0.176. The molecule has 1 aromatic carbocycles. The van der Waals surface area contributed by atoms with Gasteiger partial charge in [-0.25, -0.2) is 4.39 Å². The number of fused-ring (bicyclic) bond motifs is 1. The predicted molar refractivity (Wildman–Crippen MR) is 80.7 cm³/mol. The summed E-state index contributed by atoms with van der Waals surface area (Å²) < 4.78 is 25.9. The van der Waals surface area contributed by atoms with Crippen LogP contribution in [-0.4, -0.2) is 26.9 Å². The van der Waals surface area contributed by atoms with Gasteiger partial charge in [0, 0.05) is 33.7 Å². The number of benzene rings is 1. The average molecular weight is 297 g/mol. The summed E-state index contributed by atoms with van der Waals surface area (Å²) in [6, 6.07) is 5.20. The lowest BCUT2D eigenvalue weighted by Gasteiger charge is -2.07. The molecule has 1 heterocycles. The molecule has 0 saturated heterocycles. The Morgan fingerprint density at radius 1 is 1.25 bits per heavy atom. The van der Waals surface area contributed by atoms with Crippen LogP contribution >= 0.6 is 11.3 Å². The highest BCUT2D eigenvalue weighted by Crippen LogP contribution is 2.33. The van der Waals surface area contributed by atoms with Crippen molar-refractivity contribution in [3.8, 4) is 0 Å². The Labute approximate surface area is 122 Å². The number of nitrogens with one attached hydrogen (secondary N) is 1. The lowest BCUT2D eigenvalue weighted by atomic mass is 10.1. The van der Waals surface area contributed by atoms with Gasteiger partial charge in [-0.3, -0.25) is 0 Å². The van der Waals surface area contributed by atoms with E-state index in [1.807, 2.05) is 20.0 Å². The molecule has 0 amide bonds. The van der Waals surface area contributed by atoms with Gasteiger partial charge in [0.25, 0.3) is 0 Å². The van der Waals surface area contributed by atoms with Crippen LogP contribution in [-0.2, 0) is 22.6 Å². The van der Waals surface area contributed by atoms with E-state index >= 15 is 0 Å². The molecule has 0 bridgehead atoms. The van der Waals surface area contributed by atoms with Crippen LogP contribution in [0.5, 0.6) is 0 Å². The standard InChI is InChI=1S/C15H20FNO2S/c1-3-18-7-8-19-10-11-14(9-17-2)20-13-6-4-5-12(16)15(11)13/h4-6,17H,3,7-10H2,1-2H3. The zero-order valence-electron chi connectivity index (χ0n) is 11.9. The molecule has 0 atom stereocenters. The summed E-state index contributed by atoms with van der Waals surface area (Å²) in [5.41, 5.74) is 0.953. The average Bonchev–Trinajstić information content (AvgIpc) is 2.78. The Bertz CT molecular complexity index is 556. The van der Waals surface area contributed by atoms with E-state index in [9.17, 15) is 4.39 Å². The van der Waals surface area contributed by atoms with E-state index in [0.717, 1.165) is 21.7 Å². The van der Waals surface area contributed by atoms with Gasteiger partial charge < -0.3 is 14.8 Å². The SMILES string of the molecule is CCOCCOCc1c(CNC)sc2cccc(F)c12. The third kappa shape index (κ3) is 3.55. The van der Waals surface area contributed by atoms with Crippen LogP contribution in [0.25, 0.3) is 10.1 Å². The van der Waals surface area contributed by atoms with Crippen molar-refractivity contribution in [1.29, 1.82) is 0 Å². The molecule has 2 aromatic rings. The Morgan fingerprint density at radius 3 is 2.80 bits per heavy atom. The zero-order valence-corrected chi connectivity index (χ0v) is 12.7. The van der Waals surface area contributed by atoms with Crippen molar-refractivity contribution < 1.29 is 13.9 Å². The van der Waals surface area contributed by atoms with E-state index in [1.165, 1.54) is 6.07 Å². The van der Waals surface area contributed by atoms with Gasteiger partial charge >= 0.3 is 0 Å². The van der Waals surface area contributed by atoms with Gasteiger partial charge in [-0.15, -0.1) is 11.3 Å². The van der Waals surface area contributed by atoms with Crippen molar-refractivity contribution in [3.63, 3.8) is 0 Å². The van der Waals surface area contributed by atoms with Crippen molar-refractivity contribution in [1.82, 2.24) is 5.32 Å². The molecule has 0 radical (unpaired) electrons. The van der Waals surface area contributed by atoms with Crippen LogP contribution in [0.3, 0.4) is 0 Å². The topological polar surface area (TPSA) is 30.5 Å². The van der Waals surface area contributed by atoms with Gasteiger partial charge in [0.1, 0.15) is 5.82 Å². The number of rotatable bonds is 8. The summed E-state index contributed by atoms with van der Waals surface area (Å²) in [7, 11) is 1.89. The molecule has 0 aliphatic carbocycles. The van der Waals surface area contributed by atoms with Gasteiger partial charge in [-0.1, -0.05) is 6.07 Å². The second kappa shape index (κ2) is 7.69. The maximum absolute atomic E-state index is 14.0. The van der Waals surface area contributed by atoms with Crippen LogP contribution in [0.1, 0.15) is 17.4 Å². The summed E-state index contributed by atoms with van der Waals surface area (Å²) in [6.07, 6.45) is 0. The highest BCUT2D eigenvalue weighted by molar-refractivity contribution is 7.19. The fourth-order valence-electron chi connectivity index (χ4n) is 2.11. The van der Waals surface area contributed by atoms with Crippen LogP contribution < -0.4 is 5.32 Å². The molecule has 20 heavy (non-hydrogen) atoms. The molecule has 0 unspecified atom stereocenters. The van der Waals surface area contributed by atoms with Crippen LogP contribution in [0.2, 0.25) is 0 Å². The summed E-state index contributed by atoms with van der Waals surface area (Å²) in [4.78, 5) is 1.13. The van der Waals surface area contributed by atoms with Crippen molar-refractivity contribution in [3.05, 3.63) is 34.5 Å². The smallest absolute Gasteiger partial charge is 0.132 e. The molecule has 110 valence electrons. The Morgan fingerprint density at radius 2 is 2.05 bits per heavy atom. The van der Waals surface area contributed by atoms with Crippen LogP contribution in [0.4, 0.5) is 4.39 Å². The maximum Gasteiger partial charge on any atom is 0.132 e. The second-order valence-electron chi connectivity index (χ2n) is 4.40. The monoisotopic (exact) mass is 297 g/mol. The largest absolute Gasteiger partial charge is 0.379 e. The van der Waals surface area contributed by atoms with E-state index in [4.69, 9.17) is 9.47 Å². The van der Waals surface area contributed by atoms with E-state index in [-0.39, 0.29) is 5.82 Å². The number of thiophene rings is 1. The first-order valence-electron chi connectivity index (χ1n) is 6.76. The van der Waals surface area contributed by atoms with E-state index in [2.05, 4.69) is 5.32 Å². The van der Waals surface area contributed by atoms with Gasteiger partial charge in [0.05, 0.1) is 19.8 Å². The molecule has 2 rings (SSSR count). The van der Waals surface area contributed by atoms with Gasteiger partial charge in [0.15, 0.2) is 0 Å². The first-order valence-corrected chi connectivity index (χ1v) is 7.58. The van der Waals surface area contributed by atoms with Crippen molar-refractivity contribution in [2.45, 2.75) is 20.1 Å². The molecular weight excluding hydrogens is 277 g/mol. The third-order valence-electron chi connectivity index (χ3n) is 3.01. The predicted octanol–water partition coefficient (Wildman–Crippen LogP) is 3.31. The first-order chi connectivity index (χ1) is 9.77. The second-order valence-corrected chi connectivity index (χ2v) is 5.53. The Hall–Kier alpha value is -1.01. The molecule has 1 N–H and O–H groups in total. The molecule has 0 fully saturated rings. The molecule has 1 aromatic heterocycles. The fourth-order valence-corrected chi connectivity index (χ4v) is 3.34. The summed E-state index contributed by atoms with van der Waals surface area (Å²) in [5, 5.41) is 3.82. The van der Waals surface area contributed by atoms with Crippen molar-refractivity contribution in [2.24, 2.45) is 0 Å². The molecule has 0 spiro atoms. The van der Waals surface area contributed by atoms with E-state index in [1.54, 1.807) is 17.4 Å². The minimum Gasteiger partial charge on any atom is -0.379 e. The normalized spacial score (nSPS) is 11.3. The summed E-state index contributed by atoms with van der Waals surface area (Å²) in [6.45, 7) is 4.88. The molecule has 0 aliphatic heterocycles. The molecule has 3 nitrogen and oxygen atoms in total. The summed E-state index contributed by atoms with van der Waals surface area (Å²) in [5.74, 6) is -0.176. The lowest BCUT2D eigenvalue weighted by Crippen LogP contribution is -2.08. The quantitative estimate of drug-likeness (QED) is 0.758. The Kier molecular flexibility index (Phi) is 5.91. The van der Waals surface area contributed by atoms with Gasteiger partial charge in [-0.2, -0.15) is 0 Å². The first kappa shape index (κ1) is 15.4. The molecule has 5 heteroatoms. The van der Waals surface area contributed by atoms with Gasteiger partial charge in [0.2, 0.25) is 0 Å². The zero-order chi connectivity index (χ0) is 14.4. The van der Waals surface area contributed by atoms with Crippen LogP contribution in [0, 0.1) is 5.82 Å². The fraction of sp³-hybridized carbons (Fsp3) is 0.467. The van der Waals surface area contributed by atoms with Crippen molar-refractivity contribution >= 4 is 21.4 Å². The lowest BCUT2D eigenvalue weighted by molar-refractivity contribution is 0.0455. The number of ether oxygens (including phenoxy) is 2. The van der Waals surface area contributed by atoms with Crippen LogP contribution in [0.15, 0.2) is 18.2 Å². The van der Waals surface area contributed by atoms with Gasteiger partial charge in [-0.05, 0) is 26.1 Å². The maximum atomic E-state index is 14.0. The minimum absolute atomic E-state index is 0.176. The molecule has 0 saturated carbocycles. The van der Waals surface area contributed by atoms with E-state index in [0.29, 0.717) is 31.8 Å². The molecular formula is C15H20FNO2S.